The van der Waals surface area contributed by atoms with Gasteiger partial charge in [0, 0.05) is 49.4 Å². The summed E-state index contributed by atoms with van der Waals surface area (Å²) in [7, 11) is 0. The van der Waals surface area contributed by atoms with Crippen LogP contribution in [0, 0.1) is 17.8 Å². The molecule has 4 aliphatic carbocycles. The van der Waals surface area contributed by atoms with Gasteiger partial charge in [-0.05, 0) is 97.9 Å². The van der Waals surface area contributed by atoms with Gasteiger partial charge in [-0.2, -0.15) is 0 Å². The molecule has 7 aliphatic rings. The van der Waals surface area contributed by atoms with Crippen molar-refractivity contribution >= 4 is 17.6 Å². The van der Waals surface area contributed by atoms with E-state index in [0.717, 1.165) is 97.4 Å². The molecule has 3 heterocycles. The molecular formula is C43H53N5O5. The second kappa shape index (κ2) is 14.4. The van der Waals surface area contributed by atoms with Gasteiger partial charge in [-0.1, -0.05) is 66.7 Å². The zero-order valence-corrected chi connectivity index (χ0v) is 30.6. The van der Waals surface area contributed by atoms with E-state index in [1.807, 2.05) is 42.5 Å². The molecule has 3 aromatic carbocycles. The number of urea groups is 1. The zero-order valence-electron chi connectivity index (χ0n) is 30.6. The second-order valence-corrected chi connectivity index (χ2v) is 16.9. The van der Waals surface area contributed by atoms with Crippen LogP contribution in [0.5, 0.6) is 0 Å². The number of hydrogen-bond donors (Lipinski definition) is 4. The number of piperidine rings is 1. The normalized spacial score (nSPS) is 31.8. The molecule has 4 N–H and O–H groups in total. The number of ether oxygens (including phenoxy) is 2. The van der Waals surface area contributed by atoms with E-state index in [4.69, 9.17) is 9.47 Å². The topological polar surface area (TPSA) is 115 Å². The van der Waals surface area contributed by atoms with Gasteiger partial charge in [0.15, 0.2) is 6.29 Å². The Kier molecular flexibility index (Phi) is 9.42. The molecule has 3 aromatic rings. The number of carbonyl (C=O) groups excluding carboxylic acids is 2. The molecule has 3 amide bonds. The highest BCUT2D eigenvalue weighted by atomic mass is 16.7. The first-order chi connectivity index (χ1) is 25.8. The molecule has 4 saturated carbocycles. The van der Waals surface area contributed by atoms with Gasteiger partial charge in [0.1, 0.15) is 5.54 Å². The molecule has 10 rings (SSSR count). The number of aliphatic hydroxyl groups is 1. The van der Waals surface area contributed by atoms with Gasteiger partial charge in [-0.25, -0.2) is 4.79 Å². The Balaban J connectivity index is 0.845. The van der Waals surface area contributed by atoms with Crippen LogP contribution in [0.1, 0.15) is 92.4 Å². The van der Waals surface area contributed by atoms with Crippen LogP contribution >= 0.6 is 0 Å². The highest BCUT2D eigenvalue weighted by Gasteiger charge is 2.52. The Labute approximate surface area is 312 Å². The molecule has 0 aromatic heterocycles. The van der Waals surface area contributed by atoms with Crippen LogP contribution in [0.2, 0.25) is 0 Å². The summed E-state index contributed by atoms with van der Waals surface area (Å²) in [5.74, 6) is 2.48. The number of aliphatic hydroxyl groups excluding tert-OH is 1. The largest absolute Gasteiger partial charge is 0.392 e. The van der Waals surface area contributed by atoms with E-state index in [1.54, 1.807) is 0 Å². The van der Waals surface area contributed by atoms with Crippen molar-refractivity contribution in [1.82, 2.24) is 20.9 Å². The van der Waals surface area contributed by atoms with Crippen molar-refractivity contribution in [3.8, 4) is 0 Å². The molecule has 10 nitrogen and oxygen atoms in total. The maximum Gasteiger partial charge on any atom is 0.315 e. The minimum Gasteiger partial charge on any atom is -0.392 e. The number of amides is 3. The van der Waals surface area contributed by atoms with Crippen molar-refractivity contribution < 1.29 is 24.2 Å². The van der Waals surface area contributed by atoms with Crippen molar-refractivity contribution in [2.24, 2.45) is 17.8 Å². The number of nitrogens with zero attached hydrogens (tertiary/aromatic N) is 2. The van der Waals surface area contributed by atoms with Crippen molar-refractivity contribution in [1.29, 1.82) is 0 Å². The molecule has 280 valence electrons. The van der Waals surface area contributed by atoms with Gasteiger partial charge >= 0.3 is 6.03 Å². The molecule has 3 saturated heterocycles. The number of benzene rings is 3. The van der Waals surface area contributed by atoms with E-state index in [0.29, 0.717) is 19.6 Å². The molecule has 3 atom stereocenters. The number of likely N-dealkylation sites (tertiary alicyclic amines) is 1. The predicted molar refractivity (Wildman–Crippen MR) is 201 cm³/mol. The highest BCUT2D eigenvalue weighted by molar-refractivity contribution is 5.93. The second-order valence-electron chi connectivity index (χ2n) is 16.9. The third-order valence-corrected chi connectivity index (χ3v) is 13.3. The first-order valence-corrected chi connectivity index (χ1v) is 19.8. The van der Waals surface area contributed by atoms with Crippen LogP contribution < -0.4 is 20.9 Å². The van der Waals surface area contributed by atoms with E-state index in [1.165, 1.54) is 19.3 Å². The molecule has 3 aliphatic heterocycles. The Bertz CT molecular complexity index is 1720. The first kappa shape index (κ1) is 34.8. The third-order valence-electron chi connectivity index (χ3n) is 13.3. The summed E-state index contributed by atoms with van der Waals surface area (Å²) < 4.78 is 13.3. The van der Waals surface area contributed by atoms with Gasteiger partial charge < -0.3 is 40.3 Å². The Morgan fingerprint density at radius 1 is 0.811 bits per heavy atom. The lowest BCUT2D eigenvalue weighted by Gasteiger charge is -2.56. The molecule has 53 heavy (non-hydrogen) atoms. The van der Waals surface area contributed by atoms with E-state index < -0.39 is 11.8 Å². The summed E-state index contributed by atoms with van der Waals surface area (Å²) in [5, 5.41) is 19.3. The summed E-state index contributed by atoms with van der Waals surface area (Å²) in [4.78, 5) is 31.0. The fourth-order valence-electron chi connectivity index (χ4n) is 11.0. The number of hydrogen-bond acceptors (Lipinski definition) is 7. The van der Waals surface area contributed by atoms with Crippen LogP contribution in [0.4, 0.5) is 10.5 Å². The smallest absolute Gasteiger partial charge is 0.315 e. The van der Waals surface area contributed by atoms with Gasteiger partial charge in [0.05, 0.1) is 25.5 Å². The minimum atomic E-state index is -0.553. The third kappa shape index (κ3) is 7.07. The van der Waals surface area contributed by atoms with Crippen LogP contribution in [-0.2, 0) is 27.4 Å². The van der Waals surface area contributed by atoms with E-state index in [9.17, 15) is 14.7 Å². The standard InChI is InChI=1S/C43H53N5O5/c49-27-30-8-10-34(11-9-30)38-21-37(26-47-16-14-43(15-17-47)40(50)45-28-48(43)36-4-2-1-3-5-36)52-39(53-38)35-12-6-29(7-13-35)25-44-41(51)46-42-22-31-18-32(23-42)20-33(19-31)24-42/h1-13,31-33,37-39,49H,14-28H2,(H,45,50)(H2,44,46,51)/t31?,32?,33?,37-,38+,39+,42?/m1/s1. The fraction of sp³-hybridized carbons (Fsp3) is 0.535. The summed E-state index contributed by atoms with van der Waals surface area (Å²) in [6.07, 6.45) is 8.88. The van der Waals surface area contributed by atoms with E-state index >= 15 is 0 Å². The van der Waals surface area contributed by atoms with Crippen LogP contribution in [-0.4, -0.2) is 65.4 Å². The van der Waals surface area contributed by atoms with Crippen LogP contribution in [0.15, 0.2) is 78.9 Å². The maximum atomic E-state index is 13.3. The predicted octanol–water partition coefficient (Wildman–Crippen LogP) is 5.92. The molecular weight excluding hydrogens is 667 g/mol. The van der Waals surface area contributed by atoms with Crippen molar-refractivity contribution in [2.75, 3.05) is 31.2 Å². The van der Waals surface area contributed by atoms with Gasteiger partial charge in [-0.15, -0.1) is 0 Å². The number of carbonyl (C=O) groups is 2. The summed E-state index contributed by atoms with van der Waals surface area (Å²) >= 11 is 0. The van der Waals surface area contributed by atoms with E-state index in [2.05, 4.69) is 62.1 Å². The molecule has 0 unspecified atom stereocenters. The summed E-state index contributed by atoms with van der Waals surface area (Å²) in [6, 6.07) is 26.4. The van der Waals surface area contributed by atoms with E-state index in [-0.39, 0.29) is 36.3 Å². The maximum absolute atomic E-state index is 13.3. The molecule has 4 bridgehead atoms. The quantitative estimate of drug-likeness (QED) is 0.217. The lowest BCUT2D eigenvalue weighted by molar-refractivity contribution is -0.253. The monoisotopic (exact) mass is 719 g/mol. The van der Waals surface area contributed by atoms with Gasteiger partial charge in [0.2, 0.25) is 5.91 Å². The van der Waals surface area contributed by atoms with Crippen LogP contribution in [0.25, 0.3) is 0 Å². The zero-order chi connectivity index (χ0) is 36.0. The molecule has 1 spiro atoms. The van der Waals surface area contributed by atoms with Crippen molar-refractivity contribution in [3.05, 3.63) is 101 Å². The average molecular weight is 720 g/mol. The lowest BCUT2D eigenvalue weighted by Crippen LogP contribution is -2.61. The Morgan fingerprint density at radius 3 is 2.11 bits per heavy atom. The van der Waals surface area contributed by atoms with Crippen molar-refractivity contribution in [3.63, 3.8) is 0 Å². The highest BCUT2D eigenvalue weighted by Crippen LogP contribution is 2.55. The van der Waals surface area contributed by atoms with Crippen molar-refractivity contribution in [2.45, 2.75) is 101 Å². The number of anilines is 1. The Hall–Kier alpha value is -3.96. The lowest BCUT2D eigenvalue weighted by atomic mass is 9.53. The summed E-state index contributed by atoms with van der Waals surface area (Å²) in [6.45, 7) is 3.35. The number of rotatable bonds is 9. The first-order valence-electron chi connectivity index (χ1n) is 19.8. The molecule has 0 radical (unpaired) electrons. The number of para-hydroxylation sites is 1. The Morgan fingerprint density at radius 2 is 1.45 bits per heavy atom. The van der Waals surface area contributed by atoms with Gasteiger partial charge in [-0.3, -0.25) is 4.79 Å². The number of nitrogens with one attached hydrogen (secondary N) is 3. The molecule has 10 heteroatoms. The summed E-state index contributed by atoms with van der Waals surface area (Å²) in [5.41, 5.74) is 4.44. The fourth-order valence-corrected chi connectivity index (χ4v) is 11.0. The molecule has 7 fully saturated rings. The SMILES string of the molecule is O=C(NCc1ccc([C@H]2O[C@@H](CN3CCC4(CC3)C(=O)NCN4c3ccccc3)C[C@@H](c3ccc(CO)cc3)O2)cc1)NC12CC3CC(CC(C3)C1)C2. The average Bonchev–Trinajstić information content (AvgIpc) is 3.49. The van der Waals surface area contributed by atoms with Crippen LogP contribution in [0.3, 0.4) is 0 Å². The van der Waals surface area contributed by atoms with Gasteiger partial charge in [0.25, 0.3) is 0 Å². The minimum absolute atomic E-state index is 0.00146.